The van der Waals surface area contributed by atoms with Gasteiger partial charge in [-0.15, -0.1) is 0 Å². The fraction of sp³-hybridized carbons (Fsp3) is 0.412. The number of aliphatic carboxylic acids is 1. The molecule has 1 aromatic heterocycles. The van der Waals surface area contributed by atoms with Gasteiger partial charge >= 0.3 is 12.0 Å². The number of pyridine rings is 1. The first-order valence-corrected chi connectivity index (χ1v) is 15.2. The number of hydrogen-bond acceptors (Lipinski definition) is 8. The standard InChI is InChI=1S/C34H44N4O7/c1-24(2)31(39)10-4-5-18-45-30-9-6-8-26(21-30)37-34(42)38-27(22-33(40)41)20-25-11-13-28(14-12-25)44-19-7-16-35-32-23-29(43-3)15-17-36-32/h6,8-9,11-15,17,21,23-24,27H,4-5,7,10,16,18-20,22H2,1-3H3,(H,35,36)(H,40,41)(H2,37,38,42)/t27-/m0/s1. The highest BCUT2D eigenvalue weighted by atomic mass is 16.5. The molecule has 0 radical (unpaired) electrons. The summed E-state index contributed by atoms with van der Waals surface area (Å²) in [6, 6.07) is 16.8. The van der Waals surface area contributed by atoms with Crippen LogP contribution in [0.25, 0.3) is 0 Å². The van der Waals surface area contributed by atoms with Gasteiger partial charge in [-0.3, -0.25) is 9.59 Å². The maximum Gasteiger partial charge on any atom is 0.319 e. The van der Waals surface area contributed by atoms with E-state index in [9.17, 15) is 19.5 Å². The number of carboxylic acid groups (broad SMARTS) is 1. The molecule has 11 nitrogen and oxygen atoms in total. The molecule has 0 unspecified atom stereocenters. The van der Waals surface area contributed by atoms with Crippen molar-refractivity contribution in [3.05, 3.63) is 72.4 Å². The Hall–Kier alpha value is -4.80. The van der Waals surface area contributed by atoms with E-state index in [1.807, 2.05) is 44.2 Å². The number of aromatic nitrogens is 1. The Kier molecular flexibility index (Phi) is 14.5. The number of rotatable bonds is 20. The van der Waals surface area contributed by atoms with E-state index >= 15 is 0 Å². The molecule has 0 aliphatic carbocycles. The Morgan fingerprint density at radius 3 is 2.38 bits per heavy atom. The summed E-state index contributed by atoms with van der Waals surface area (Å²) in [6.45, 7) is 5.45. The molecule has 0 saturated carbocycles. The van der Waals surface area contributed by atoms with Gasteiger partial charge in [0.25, 0.3) is 0 Å². The Balaban J connectivity index is 1.41. The summed E-state index contributed by atoms with van der Waals surface area (Å²) < 4.78 is 16.8. The third kappa shape index (κ3) is 13.6. The molecular formula is C34H44N4O7. The van der Waals surface area contributed by atoms with Crippen molar-refractivity contribution in [2.24, 2.45) is 5.92 Å². The van der Waals surface area contributed by atoms with Crippen LogP contribution in [0.1, 0.15) is 51.5 Å². The van der Waals surface area contributed by atoms with Crippen LogP contribution in [0, 0.1) is 5.92 Å². The Labute approximate surface area is 264 Å². The predicted octanol–water partition coefficient (Wildman–Crippen LogP) is 5.95. The summed E-state index contributed by atoms with van der Waals surface area (Å²) in [4.78, 5) is 40.3. The topological polar surface area (TPSA) is 148 Å². The number of carbonyl (C=O) groups excluding carboxylic acids is 2. The van der Waals surface area contributed by atoms with Crippen molar-refractivity contribution in [2.45, 2.75) is 58.4 Å². The molecular weight excluding hydrogens is 576 g/mol. The Morgan fingerprint density at radius 2 is 1.64 bits per heavy atom. The number of ether oxygens (including phenoxy) is 3. The van der Waals surface area contributed by atoms with Crippen LogP contribution in [0.4, 0.5) is 16.3 Å². The van der Waals surface area contributed by atoms with E-state index < -0.39 is 18.0 Å². The van der Waals surface area contributed by atoms with Crippen LogP contribution >= 0.6 is 0 Å². The zero-order valence-corrected chi connectivity index (χ0v) is 26.2. The van der Waals surface area contributed by atoms with Gasteiger partial charge in [-0.2, -0.15) is 0 Å². The number of nitrogens with one attached hydrogen (secondary N) is 3. The first-order valence-electron chi connectivity index (χ1n) is 15.2. The number of carboxylic acids is 1. The van der Waals surface area contributed by atoms with Gasteiger partial charge in [0.2, 0.25) is 0 Å². The summed E-state index contributed by atoms with van der Waals surface area (Å²) >= 11 is 0. The Morgan fingerprint density at radius 1 is 0.889 bits per heavy atom. The van der Waals surface area contributed by atoms with E-state index in [-0.39, 0.29) is 18.1 Å². The number of methoxy groups -OCH3 is 1. The molecule has 45 heavy (non-hydrogen) atoms. The van der Waals surface area contributed by atoms with E-state index in [1.165, 1.54) is 0 Å². The van der Waals surface area contributed by atoms with Crippen LogP contribution in [-0.2, 0) is 16.0 Å². The monoisotopic (exact) mass is 620 g/mol. The molecule has 0 bridgehead atoms. The third-order valence-corrected chi connectivity index (χ3v) is 6.85. The van der Waals surface area contributed by atoms with Crippen LogP contribution < -0.4 is 30.2 Å². The molecule has 0 aliphatic rings. The lowest BCUT2D eigenvalue weighted by molar-refractivity contribution is -0.137. The number of hydrogen-bond donors (Lipinski definition) is 4. The van der Waals surface area contributed by atoms with Crippen LogP contribution in [0.3, 0.4) is 0 Å². The summed E-state index contributed by atoms with van der Waals surface area (Å²) in [5.74, 6) is 2.05. The zero-order valence-electron chi connectivity index (χ0n) is 26.2. The molecule has 242 valence electrons. The second-order valence-electron chi connectivity index (χ2n) is 10.9. The quantitative estimate of drug-likeness (QED) is 0.112. The van der Waals surface area contributed by atoms with Gasteiger partial charge in [-0.05, 0) is 61.6 Å². The highest BCUT2D eigenvalue weighted by Gasteiger charge is 2.17. The lowest BCUT2D eigenvalue weighted by Crippen LogP contribution is -2.40. The summed E-state index contributed by atoms with van der Waals surface area (Å²) in [7, 11) is 1.61. The fourth-order valence-corrected chi connectivity index (χ4v) is 4.40. The number of benzene rings is 2. The average Bonchev–Trinajstić information content (AvgIpc) is 3.01. The van der Waals surface area contributed by atoms with E-state index in [1.54, 1.807) is 43.6 Å². The van der Waals surface area contributed by atoms with Gasteiger partial charge in [-0.25, -0.2) is 9.78 Å². The van der Waals surface area contributed by atoms with Gasteiger partial charge < -0.3 is 35.3 Å². The van der Waals surface area contributed by atoms with Gasteiger partial charge in [0.1, 0.15) is 28.8 Å². The van der Waals surface area contributed by atoms with Crippen molar-refractivity contribution in [2.75, 3.05) is 37.5 Å². The molecule has 1 heterocycles. The number of anilines is 2. The molecule has 3 rings (SSSR count). The molecule has 0 fully saturated rings. The molecule has 11 heteroatoms. The number of amides is 2. The zero-order chi connectivity index (χ0) is 32.4. The van der Waals surface area contributed by atoms with Crippen molar-refractivity contribution in [3.63, 3.8) is 0 Å². The van der Waals surface area contributed by atoms with Crippen molar-refractivity contribution >= 4 is 29.3 Å². The van der Waals surface area contributed by atoms with Crippen LogP contribution in [0.15, 0.2) is 66.9 Å². The van der Waals surface area contributed by atoms with Crippen LogP contribution in [0.5, 0.6) is 17.2 Å². The van der Waals surface area contributed by atoms with Gasteiger partial charge in [0.05, 0.1) is 26.7 Å². The molecule has 2 amide bonds. The number of Topliss-reactive ketones (excluding diaryl/α,β-unsaturated/α-hetero) is 1. The minimum absolute atomic E-state index is 0.0453. The van der Waals surface area contributed by atoms with Crippen LogP contribution in [0.2, 0.25) is 0 Å². The number of unbranched alkanes of at least 4 members (excludes halogenated alkanes) is 1. The van der Waals surface area contributed by atoms with Gasteiger partial charge in [-0.1, -0.05) is 32.0 Å². The SMILES string of the molecule is COc1ccnc(NCCCOc2ccc(C[C@@H](CC(=O)O)NC(=O)Nc3cccc(OCCCCC(=O)C(C)C)c3)cc2)c1. The predicted molar refractivity (Wildman–Crippen MR) is 173 cm³/mol. The maximum absolute atomic E-state index is 12.7. The van der Waals surface area contributed by atoms with E-state index in [0.29, 0.717) is 49.8 Å². The highest BCUT2D eigenvalue weighted by Crippen LogP contribution is 2.19. The fourth-order valence-electron chi connectivity index (χ4n) is 4.40. The first kappa shape index (κ1) is 34.7. The lowest BCUT2D eigenvalue weighted by atomic mass is 10.0. The molecule has 0 aliphatic heterocycles. The van der Waals surface area contributed by atoms with Crippen LogP contribution in [-0.4, -0.2) is 60.8 Å². The van der Waals surface area contributed by atoms with E-state index in [0.717, 1.165) is 36.4 Å². The minimum Gasteiger partial charge on any atom is -0.497 e. The highest BCUT2D eigenvalue weighted by molar-refractivity contribution is 5.90. The van der Waals surface area contributed by atoms with Gasteiger partial charge in [0.15, 0.2) is 0 Å². The molecule has 4 N–H and O–H groups in total. The largest absolute Gasteiger partial charge is 0.497 e. The molecule has 0 saturated heterocycles. The van der Waals surface area contributed by atoms with Crippen molar-refractivity contribution in [1.29, 1.82) is 0 Å². The second-order valence-corrected chi connectivity index (χ2v) is 10.9. The van der Waals surface area contributed by atoms with Crippen molar-refractivity contribution < 1.29 is 33.7 Å². The Bertz CT molecular complexity index is 1360. The summed E-state index contributed by atoms with van der Waals surface area (Å²) in [5, 5.41) is 18.2. The lowest BCUT2D eigenvalue weighted by Gasteiger charge is -2.18. The minimum atomic E-state index is -1.01. The van der Waals surface area contributed by atoms with Gasteiger partial charge in [0, 0.05) is 48.9 Å². The molecule has 3 aromatic rings. The molecule has 0 spiro atoms. The molecule has 1 atom stereocenters. The van der Waals surface area contributed by atoms with E-state index in [2.05, 4.69) is 20.9 Å². The number of urea groups is 1. The summed E-state index contributed by atoms with van der Waals surface area (Å²) in [6.07, 6.45) is 4.60. The normalized spacial score (nSPS) is 11.4. The number of carbonyl (C=O) groups is 3. The first-order chi connectivity index (χ1) is 21.7. The molecule has 2 aromatic carbocycles. The average molecular weight is 621 g/mol. The second kappa shape index (κ2) is 18.8. The van der Waals surface area contributed by atoms with Crippen molar-refractivity contribution in [3.8, 4) is 17.2 Å². The van der Waals surface area contributed by atoms with E-state index in [4.69, 9.17) is 14.2 Å². The summed E-state index contributed by atoms with van der Waals surface area (Å²) in [5.41, 5.74) is 1.38. The van der Waals surface area contributed by atoms with Crippen molar-refractivity contribution in [1.82, 2.24) is 10.3 Å². The smallest absolute Gasteiger partial charge is 0.319 e. The number of nitrogens with zero attached hydrogens (tertiary/aromatic N) is 1. The maximum atomic E-state index is 12.7. The number of ketones is 1. The third-order valence-electron chi connectivity index (χ3n) is 6.85.